The van der Waals surface area contributed by atoms with Gasteiger partial charge in [-0.3, -0.25) is 0 Å². The molecule has 0 aromatic heterocycles. The van der Waals surface area contributed by atoms with E-state index in [2.05, 4.69) is 26.1 Å². The minimum absolute atomic E-state index is 0.480. The van der Waals surface area contributed by atoms with Crippen LogP contribution in [0.4, 0.5) is 8.78 Å². The monoisotopic (exact) mass is 269 g/mol. The van der Waals surface area contributed by atoms with Gasteiger partial charge in [0.15, 0.2) is 11.6 Å². The Kier molecular flexibility index (Phi) is 7.00. The number of nitrogens with one attached hydrogen (secondary N) is 1. The van der Waals surface area contributed by atoms with Crippen LogP contribution in [0.1, 0.15) is 39.2 Å². The maximum Gasteiger partial charge on any atom is 0.159 e. The molecule has 0 aliphatic carbocycles. The summed E-state index contributed by atoms with van der Waals surface area (Å²) in [6.45, 7) is 8.44. The fraction of sp³-hybridized carbons (Fsp3) is 0.625. The largest absolute Gasteiger partial charge is 0.316 e. The highest BCUT2D eigenvalue weighted by Gasteiger charge is 2.11. The summed E-state index contributed by atoms with van der Waals surface area (Å²) in [5, 5.41) is 3.45. The van der Waals surface area contributed by atoms with Crippen LogP contribution in [-0.2, 0) is 6.42 Å². The van der Waals surface area contributed by atoms with Gasteiger partial charge in [0.05, 0.1) is 0 Å². The predicted octanol–water partition coefficient (Wildman–Crippen LogP) is 4.17. The molecule has 1 aromatic rings. The van der Waals surface area contributed by atoms with E-state index in [1.807, 2.05) is 0 Å². The summed E-state index contributed by atoms with van der Waals surface area (Å²) < 4.78 is 26.1. The van der Waals surface area contributed by atoms with Gasteiger partial charge in [0, 0.05) is 0 Å². The van der Waals surface area contributed by atoms with Crippen molar-refractivity contribution < 1.29 is 8.78 Å². The Balaban J connectivity index is 2.54. The van der Waals surface area contributed by atoms with Crippen molar-refractivity contribution in [3.63, 3.8) is 0 Å². The van der Waals surface area contributed by atoms with E-state index in [1.165, 1.54) is 12.1 Å². The van der Waals surface area contributed by atoms with E-state index in [1.54, 1.807) is 6.07 Å². The molecule has 0 saturated heterocycles. The third kappa shape index (κ3) is 6.15. The van der Waals surface area contributed by atoms with Gasteiger partial charge < -0.3 is 5.32 Å². The maximum atomic E-state index is 13.2. The van der Waals surface area contributed by atoms with E-state index in [0.29, 0.717) is 11.8 Å². The van der Waals surface area contributed by atoms with Crippen molar-refractivity contribution in [2.45, 2.75) is 40.0 Å². The Labute approximate surface area is 115 Å². The van der Waals surface area contributed by atoms with Crippen LogP contribution in [-0.4, -0.2) is 13.1 Å². The van der Waals surface area contributed by atoms with Crippen LogP contribution in [0.2, 0.25) is 0 Å². The second-order valence-corrected chi connectivity index (χ2v) is 5.66. The lowest BCUT2D eigenvalue weighted by atomic mass is 9.94. The van der Waals surface area contributed by atoms with Crippen molar-refractivity contribution in [1.29, 1.82) is 0 Å². The van der Waals surface area contributed by atoms with Crippen LogP contribution < -0.4 is 5.32 Å². The summed E-state index contributed by atoms with van der Waals surface area (Å²) in [4.78, 5) is 0. The smallest absolute Gasteiger partial charge is 0.159 e. The third-order valence-electron chi connectivity index (χ3n) is 3.19. The van der Waals surface area contributed by atoms with Crippen LogP contribution >= 0.6 is 0 Å². The molecule has 0 aliphatic heterocycles. The Hall–Kier alpha value is -0.960. The van der Waals surface area contributed by atoms with Crippen molar-refractivity contribution in [3.05, 3.63) is 35.4 Å². The lowest BCUT2D eigenvalue weighted by Crippen LogP contribution is -2.27. The van der Waals surface area contributed by atoms with Gasteiger partial charge in [-0.2, -0.15) is 0 Å². The minimum atomic E-state index is -0.770. The van der Waals surface area contributed by atoms with Crippen LogP contribution in [0.5, 0.6) is 0 Å². The molecule has 0 aliphatic rings. The van der Waals surface area contributed by atoms with Gasteiger partial charge in [-0.1, -0.05) is 33.3 Å². The van der Waals surface area contributed by atoms with Gasteiger partial charge in [0.25, 0.3) is 0 Å². The van der Waals surface area contributed by atoms with Gasteiger partial charge >= 0.3 is 0 Å². The molecule has 0 bridgehead atoms. The molecule has 1 aromatic carbocycles. The maximum absolute atomic E-state index is 13.2. The normalized spacial score (nSPS) is 12.9. The average molecular weight is 269 g/mol. The van der Waals surface area contributed by atoms with Crippen LogP contribution in [0.3, 0.4) is 0 Å². The first-order valence-corrected chi connectivity index (χ1v) is 7.17. The zero-order valence-electron chi connectivity index (χ0n) is 12.2. The molecule has 0 saturated carbocycles. The van der Waals surface area contributed by atoms with E-state index in [9.17, 15) is 8.78 Å². The van der Waals surface area contributed by atoms with Crippen molar-refractivity contribution in [2.24, 2.45) is 11.8 Å². The fourth-order valence-corrected chi connectivity index (χ4v) is 2.26. The van der Waals surface area contributed by atoms with Crippen molar-refractivity contribution in [2.75, 3.05) is 13.1 Å². The van der Waals surface area contributed by atoms with Gasteiger partial charge in [0.1, 0.15) is 0 Å². The highest BCUT2D eigenvalue weighted by Crippen LogP contribution is 2.16. The van der Waals surface area contributed by atoms with Crippen molar-refractivity contribution in [1.82, 2.24) is 5.32 Å². The molecule has 3 heteroatoms. The Morgan fingerprint density at radius 3 is 2.42 bits per heavy atom. The molecule has 1 rings (SSSR count). The molecule has 19 heavy (non-hydrogen) atoms. The van der Waals surface area contributed by atoms with E-state index >= 15 is 0 Å². The lowest BCUT2D eigenvalue weighted by molar-refractivity contribution is 0.419. The zero-order chi connectivity index (χ0) is 14.3. The fourth-order valence-electron chi connectivity index (χ4n) is 2.26. The summed E-state index contributed by atoms with van der Waals surface area (Å²) in [6, 6.07) is 4.22. The molecule has 1 atom stereocenters. The number of hydrogen-bond acceptors (Lipinski definition) is 1. The van der Waals surface area contributed by atoms with Gasteiger partial charge in [0.2, 0.25) is 0 Å². The summed E-state index contributed by atoms with van der Waals surface area (Å²) in [5.74, 6) is -0.407. The Morgan fingerprint density at radius 1 is 1.11 bits per heavy atom. The van der Waals surface area contributed by atoms with Gasteiger partial charge in [-0.25, -0.2) is 8.78 Å². The standard InChI is InChI=1S/C16H25F2N/c1-4-5-14(11-19-10-12(2)3)8-13-6-7-15(17)16(18)9-13/h6-7,9,12,14,19H,4-5,8,10-11H2,1-3H3. The molecule has 0 heterocycles. The second-order valence-electron chi connectivity index (χ2n) is 5.66. The average Bonchev–Trinajstić information content (AvgIpc) is 2.33. The molecule has 0 radical (unpaired) electrons. The number of rotatable bonds is 8. The number of halogens is 2. The molecular formula is C16H25F2N. The molecule has 0 spiro atoms. The minimum Gasteiger partial charge on any atom is -0.316 e. The Bertz CT molecular complexity index is 377. The van der Waals surface area contributed by atoms with E-state index in [-0.39, 0.29) is 0 Å². The summed E-state index contributed by atoms with van der Waals surface area (Å²) >= 11 is 0. The highest BCUT2D eigenvalue weighted by molar-refractivity contribution is 5.18. The number of hydrogen-bond donors (Lipinski definition) is 1. The Morgan fingerprint density at radius 2 is 1.84 bits per heavy atom. The lowest BCUT2D eigenvalue weighted by Gasteiger charge is -2.18. The molecule has 1 unspecified atom stereocenters. The SMILES string of the molecule is CCCC(CNCC(C)C)Cc1ccc(F)c(F)c1. The molecule has 1 nitrogen and oxygen atoms in total. The first-order chi connectivity index (χ1) is 9.02. The van der Waals surface area contributed by atoms with Crippen molar-refractivity contribution >= 4 is 0 Å². The zero-order valence-corrected chi connectivity index (χ0v) is 12.2. The van der Waals surface area contributed by atoms with Crippen LogP contribution in [0, 0.1) is 23.5 Å². The quantitative estimate of drug-likeness (QED) is 0.747. The van der Waals surface area contributed by atoms with Crippen molar-refractivity contribution in [3.8, 4) is 0 Å². The summed E-state index contributed by atoms with van der Waals surface area (Å²) in [5.41, 5.74) is 0.878. The van der Waals surface area contributed by atoms with Crippen LogP contribution in [0.25, 0.3) is 0 Å². The first-order valence-electron chi connectivity index (χ1n) is 7.17. The van der Waals surface area contributed by atoms with Gasteiger partial charge in [-0.05, 0) is 55.5 Å². The topological polar surface area (TPSA) is 12.0 Å². The molecule has 1 N–H and O–H groups in total. The predicted molar refractivity (Wildman–Crippen MR) is 76.2 cm³/mol. The summed E-state index contributed by atoms with van der Waals surface area (Å²) in [7, 11) is 0. The molecular weight excluding hydrogens is 244 g/mol. The van der Waals surface area contributed by atoms with Gasteiger partial charge in [-0.15, -0.1) is 0 Å². The van der Waals surface area contributed by atoms with E-state index in [0.717, 1.165) is 37.9 Å². The second kappa shape index (κ2) is 8.26. The highest BCUT2D eigenvalue weighted by atomic mass is 19.2. The molecule has 0 amide bonds. The van der Waals surface area contributed by atoms with Crippen LogP contribution in [0.15, 0.2) is 18.2 Å². The number of benzene rings is 1. The third-order valence-corrected chi connectivity index (χ3v) is 3.19. The molecule has 0 fully saturated rings. The molecule has 108 valence electrons. The summed E-state index contributed by atoms with van der Waals surface area (Å²) in [6.07, 6.45) is 3.01. The van der Waals surface area contributed by atoms with E-state index in [4.69, 9.17) is 0 Å². The first kappa shape index (κ1) is 16.1. The van der Waals surface area contributed by atoms with E-state index < -0.39 is 11.6 Å².